The smallest absolute Gasteiger partial charge is 0.242 e. The van der Waals surface area contributed by atoms with Crippen LogP contribution >= 0.6 is 0 Å². The maximum Gasteiger partial charge on any atom is 0.242 e. The molecule has 5 rings (SSSR count). The molecule has 0 bridgehead atoms. The van der Waals surface area contributed by atoms with Crippen LogP contribution in [0.5, 0.6) is 5.75 Å². The van der Waals surface area contributed by atoms with Gasteiger partial charge in [-0.05, 0) is 62.1 Å². The first-order chi connectivity index (χ1) is 16.8. The summed E-state index contributed by atoms with van der Waals surface area (Å²) in [4.78, 5) is 28.7. The van der Waals surface area contributed by atoms with Gasteiger partial charge in [-0.1, -0.05) is 59.7 Å². The number of piperazine rings is 1. The minimum Gasteiger partial charge on any atom is -0.508 e. The Labute approximate surface area is 206 Å². The topological polar surface area (TPSA) is 76.6 Å². The van der Waals surface area contributed by atoms with Crippen molar-refractivity contribution in [3.05, 3.63) is 101 Å². The standard InChI is InChI=1S/C12H14N2O3.C10H11N.C7H8/c15-9-13-4-5-14(12(17)8-13)7-10-2-1-3-11(16)6-10;1-7-3-4-10-9(5-7)6-8(2)11-10;1-7-5-3-2-4-6-7/h1-3,6,9,16H,4-5,7-8H2;3-6,11H,1-2H3;2-6H,1H3. The number of aromatic nitrogens is 1. The maximum absolute atomic E-state index is 11.7. The Hall–Kier alpha value is -4.06. The van der Waals surface area contributed by atoms with Crippen molar-refractivity contribution in [2.24, 2.45) is 0 Å². The number of hydrogen-bond donors (Lipinski definition) is 2. The van der Waals surface area contributed by atoms with E-state index in [0.717, 1.165) is 5.56 Å². The fourth-order valence-electron chi connectivity index (χ4n) is 3.79. The van der Waals surface area contributed by atoms with Gasteiger partial charge in [0.1, 0.15) is 5.75 Å². The summed E-state index contributed by atoms with van der Waals surface area (Å²) in [6, 6.07) is 25.7. The molecule has 0 radical (unpaired) electrons. The number of fused-ring (bicyclic) bond motifs is 1. The Morgan fingerprint density at radius 1 is 0.886 bits per heavy atom. The van der Waals surface area contributed by atoms with Crippen LogP contribution in [0.15, 0.2) is 78.9 Å². The van der Waals surface area contributed by atoms with E-state index < -0.39 is 0 Å². The number of carbonyl (C=O) groups excluding carboxylic acids is 2. The summed E-state index contributed by atoms with van der Waals surface area (Å²) in [5.74, 6) is 0.133. The molecule has 1 fully saturated rings. The number of rotatable bonds is 3. The first kappa shape index (κ1) is 25.6. The van der Waals surface area contributed by atoms with Gasteiger partial charge in [0, 0.05) is 30.8 Å². The highest BCUT2D eigenvalue weighted by Crippen LogP contribution is 2.16. The van der Waals surface area contributed by atoms with Gasteiger partial charge in [0.05, 0.1) is 6.54 Å². The van der Waals surface area contributed by atoms with Gasteiger partial charge in [-0.15, -0.1) is 0 Å². The number of carbonyl (C=O) groups is 2. The Morgan fingerprint density at radius 3 is 2.29 bits per heavy atom. The number of benzene rings is 3. The fourth-order valence-corrected chi connectivity index (χ4v) is 3.79. The minimum atomic E-state index is -0.0632. The number of hydrogen-bond acceptors (Lipinski definition) is 3. The molecule has 2 amide bonds. The largest absolute Gasteiger partial charge is 0.508 e. The Balaban J connectivity index is 0.000000162. The van der Waals surface area contributed by atoms with Crippen LogP contribution in [0.1, 0.15) is 22.4 Å². The third-order valence-corrected chi connectivity index (χ3v) is 5.63. The average molecular weight is 472 g/mol. The molecule has 1 aromatic heterocycles. The highest BCUT2D eigenvalue weighted by Gasteiger charge is 2.22. The molecule has 0 saturated carbocycles. The molecule has 4 aromatic rings. The predicted molar refractivity (Wildman–Crippen MR) is 140 cm³/mol. The lowest BCUT2D eigenvalue weighted by molar-refractivity contribution is -0.140. The van der Waals surface area contributed by atoms with Crippen LogP contribution in [0.4, 0.5) is 0 Å². The summed E-state index contributed by atoms with van der Waals surface area (Å²) in [6.07, 6.45) is 0.698. The predicted octanol–water partition coefficient (Wildman–Crippen LogP) is 4.97. The van der Waals surface area contributed by atoms with Gasteiger partial charge >= 0.3 is 0 Å². The normalized spacial score (nSPS) is 12.9. The van der Waals surface area contributed by atoms with Crippen molar-refractivity contribution < 1.29 is 14.7 Å². The van der Waals surface area contributed by atoms with Gasteiger partial charge in [0.2, 0.25) is 12.3 Å². The number of aromatic hydroxyl groups is 1. The molecule has 0 atom stereocenters. The molecule has 6 heteroatoms. The molecule has 0 aliphatic carbocycles. The summed E-state index contributed by atoms with van der Waals surface area (Å²) in [6.45, 7) is 7.99. The van der Waals surface area contributed by atoms with Gasteiger partial charge < -0.3 is 19.9 Å². The van der Waals surface area contributed by atoms with Crippen molar-refractivity contribution >= 4 is 23.2 Å². The lowest BCUT2D eigenvalue weighted by atomic mass is 10.2. The number of nitrogens with zero attached hydrogens (tertiary/aromatic N) is 2. The Morgan fingerprint density at radius 2 is 1.66 bits per heavy atom. The highest BCUT2D eigenvalue weighted by molar-refractivity contribution is 5.81. The number of phenols is 1. The number of H-pyrrole nitrogens is 1. The Kier molecular flexibility index (Phi) is 9.07. The molecule has 0 spiro atoms. The van der Waals surface area contributed by atoms with Crippen molar-refractivity contribution in [2.75, 3.05) is 19.6 Å². The van der Waals surface area contributed by atoms with E-state index in [1.165, 1.54) is 32.6 Å². The molecule has 0 unspecified atom stereocenters. The van der Waals surface area contributed by atoms with Crippen LogP contribution < -0.4 is 0 Å². The van der Waals surface area contributed by atoms with Gasteiger partial charge in [0.15, 0.2) is 0 Å². The van der Waals surface area contributed by atoms with Crippen molar-refractivity contribution in [1.29, 1.82) is 0 Å². The molecule has 2 N–H and O–H groups in total. The monoisotopic (exact) mass is 471 g/mol. The van der Waals surface area contributed by atoms with Crippen molar-refractivity contribution in [1.82, 2.24) is 14.8 Å². The minimum absolute atomic E-state index is 0.0632. The SMILES string of the molecule is Cc1ccc2[nH]c(C)cc2c1.Cc1ccccc1.O=CN1CCN(Cc2cccc(O)c2)C(=O)C1. The first-order valence-electron chi connectivity index (χ1n) is 11.7. The summed E-state index contributed by atoms with van der Waals surface area (Å²) < 4.78 is 0. The first-order valence-corrected chi connectivity index (χ1v) is 11.7. The van der Waals surface area contributed by atoms with Crippen LogP contribution in [0.2, 0.25) is 0 Å². The highest BCUT2D eigenvalue weighted by atomic mass is 16.3. The molecule has 35 heavy (non-hydrogen) atoms. The lowest BCUT2D eigenvalue weighted by Gasteiger charge is -2.32. The quantitative estimate of drug-likeness (QED) is 0.414. The third-order valence-electron chi connectivity index (χ3n) is 5.63. The van der Waals surface area contributed by atoms with Crippen LogP contribution in [-0.2, 0) is 16.1 Å². The van der Waals surface area contributed by atoms with Gasteiger partial charge in [0.25, 0.3) is 0 Å². The molecule has 3 aromatic carbocycles. The zero-order valence-electron chi connectivity index (χ0n) is 20.6. The number of phenolic OH excluding ortho intramolecular Hbond substituents is 1. The van der Waals surface area contributed by atoms with Crippen LogP contribution in [0.3, 0.4) is 0 Å². The number of amides is 2. The molecular formula is C29H33N3O3. The van der Waals surface area contributed by atoms with E-state index in [9.17, 15) is 14.7 Å². The van der Waals surface area contributed by atoms with Gasteiger partial charge in [-0.3, -0.25) is 9.59 Å². The molecule has 6 nitrogen and oxygen atoms in total. The summed E-state index contributed by atoms with van der Waals surface area (Å²) >= 11 is 0. The zero-order valence-corrected chi connectivity index (χ0v) is 20.6. The van der Waals surface area contributed by atoms with Crippen LogP contribution in [0, 0.1) is 20.8 Å². The summed E-state index contributed by atoms with van der Waals surface area (Å²) in [7, 11) is 0. The van der Waals surface area contributed by atoms with E-state index in [1.54, 1.807) is 23.1 Å². The molecule has 2 heterocycles. The Bertz CT molecular complexity index is 1250. The van der Waals surface area contributed by atoms with E-state index in [4.69, 9.17) is 0 Å². The van der Waals surface area contributed by atoms with Crippen LogP contribution in [0.25, 0.3) is 10.9 Å². The summed E-state index contributed by atoms with van der Waals surface area (Å²) in [5.41, 5.74) is 5.98. The van der Waals surface area contributed by atoms with Crippen molar-refractivity contribution in [2.45, 2.75) is 27.3 Å². The van der Waals surface area contributed by atoms with E-state index in [-0.39, 0.29) is 18.2 Å². The lowest BCUT2D eigenvalue weighted by Crippen LogP contribution is -2.49. The average Bonchev–Trinajstić information content (AvgIpc) is 3.21. The van der Waals surface area contributed by atoms with E-state index >= 15 is 0 Å². The second-order valence-corrected chi connectivity index (χ2v) is 8.76. The van der Waals surface area contributed by atoms with Gasteiger partial charge in [-0.25, -0.2) is 0 Å². The second-order valence-electron chi connectivity index (χ2n) is 8.76. The summed E-state index contributed by atoms with van der Waals surface area (Å²) in [5, 5.41) is 10.6. The van der Waals surface area contributed by atoms with Crippen molar-refractivity contribution in [3.8, 4) is 5.75 Å². The molecule has 1 saturated heterocycles. The van der Waals surface area contributed by atoms with Crippen molar-refractivity contribution in [3.63, 3.8) is 0 Å². The number of aromatic amines is 1. The number of nitrogens with one attached hydrogen (secondary N) is 1. The maximum atomic E-state index is 11.7. The molecular weight excluding hydrogens is 438 g/mol. The number of aryl methyl sites for hydroxylation is 3. The second kappa shape index (κ2) is 12.4. The third kappa shape index (κ3) is 8.03. The van der Waals surface area contributed by atoms with E-state index in [2.05, 4.69) is 62.2 Å². The molecule has 1 aliphatic rings. The van der Waals surface area contributed by atoms with E-state index in [1.807, 2.05) is 24.3 Å². The van der Waals surface area contributed by atoms with Crippen LogP contribution in [-0.4, -0.2) is 51.8 Å². The molecule has 182 valence electrons. The molecule has 1 aliphatic heterocycles. The van der Waals surface area contributed by atoms with E-state index in [0.29, 0.717) is 26.0 Å². The fraction of sp³-hybridized carbons (Fsp3) is 0.241. The zero-order chi connectivity index (χ0) is 25.2. The van der Waals surface area contributed by atoms with Gasteiger partial charge in [-0.2, -0.15) is 0 Å².